The monoisotopic (exact) mass is 292 g/mol. The van der Waals surface area contributed by atoms with Crippen LogP contribution in [0.15, 0.2) is 40.9 Å². The average Bonchev–Trinajstić information content (AvgIpc) is 2.86. The summed E-state index contributed by atoms with van der Waals surface area (Å²) in [5.74, 6) is 0.398. The van der Waals surface area contributed by atoms with Gasteiger partial charge in [-0.3, -0.25) is 0 Å². The van der Waals surface area contributed by atoms with E-state index in [0.717, 1.165) is 5.56 Å². The molecule has 1 aromatic carbocycles. The number of nitrogens with zero attached hydrogens (tertiary/aromatic N) is 2. The van der Waals surface area contributed by atoms with Gasteiger partial charge in [-0.2, -0.15) is 4.98 Å². The number of rotatable bonds is 6. The molecule has 1 aromatic heterocycles. The first-order valence-electron chi connectivity index (χ1n) is 6.32. The maximum absolute atomic E-state index is 11.9. The van der Waals surface area contributed by atoms with Crippen LogP contribution in [0.4, 0.5) is 0 Å². The van der Waals surface area contributed by atoms with Crippen LogP contribution in [0.2, 0.25) is 0 Å². The smallest absolute Gasteiger partial charge is 0.241 e. The van der Waals surface area contributed by atoms with Crippen LogP contribution in [0.5, 0.6) is 0 Å². The fourth-order valence-electron chi connectivity index (χ4n) is 1.63. The Balaban J connectivity index is 1.96. The van der Waals surface area contributed by atoms with Gasteiger partial charge < -0.3 is 4.52 Å². The normalized spacial score (nSPS) is 12.1. The fourth-order valence-corrected chi connectivity index (χ4v) is 2.64. The van der Waals surface area contributed by atoms with Crippen LogP contribution < -0.4 is 0 Å². The second kappa shape index (κ2) is 6.47. The topological polar surface area (TPSA) is 73.1 Å². The molecule has 0 fully saturated rings. The molecule has 0 radical (unpaired) electrons. The predicted molar refractivity (Wildman–Crippen MR) is 76.6 cm³/mol. The minimum atomic E-state index is -3.28. The van der Waals surface area contributed by atoms with E-state index in [9.17, 15) is 8.42 Å². The van der Waals surface area contributed by atoms with Crippen molar-refractivity contribution in [3.63, 3.8) is 0 Å². The molecule has 0 atom stereocenters. The Hall–Kier alpha value is -1.95. The van der Waals surface area contributed by atoms with Gasteiger partial charge in [-0.15, -0.1) is 0 Å². The zero-order valence-electron chi connectivity index (χ0n) is 11.2. The molecule has 5 nitrogen and oxygen atoms in total. The molecule has 0 aliphatic heterocycles. The van der Waals surface area contributed by atoms with E-state index in [1.54, 1.807) is 12.2 Å². The van der Waals surface area contributed by atoms with Gasteiger partial charge in [0.2, 0.25) is 5.89 Å². The van der Waals surface area contributed by atoms with Gasteiger partial charge >= 0.3 is 0 Å². The third-order valence-electron chi connectivity index (χ3n) is 2.63. The number of hydrogen-bond acceptors (Lipinski definition) is 5. The van der Waals surface area contributed by atoms with E-state index in [1.807, 2.05) is 37.3 Å². The summed E-state index contributed by atoms with van der Waals surface area (Å²) in [5.41, 5.74) is 0.966. The highest BCUT2D eigenvalue weighted by Gasteiger charge is 2.15. The average molecular weight is 292 g/mol. The summed E-state index contributed by atoms with van der Waals surface area (Å²) in [6, 6.07) is 9.54. The largest absolute Gasteiger partial charge is 0.338 e. The predicted octanol–water partition coefficient (Wildman–Crippen LogP) is 2.26. The Bertz CT molecular complexity index is 675. The van der Waals surface area contributed by atoms with Crippen LogP contribution in [-0.4, -0.2) is 24.3 Å². The van der Waals surface area contributed by atoms with Crippen LogP contribution in [0.1, 0.15) is 24.2 Å². The Kier molecular flexibility index (Phi) is 4.68. The van der Waals surface area contributed by atoms with Gasteiger partial charge in [-0.05, 0) is 5.56 Å². The van der Waals surface area contributed by atoms with Crippen molar-refractivity contribution in [2.45, 2.75) is 19.1 Å². The van der Waals surface area contributed by atoms with Crippen molar-refractivity contribution < 1.29 is 12.9 Å². The van der Waals surface area contributed by atoms with Gasteiger partial charge in [0.05, 0.1) is 5.75 Å². The van der Waals surface area contributed by atoms with Crippen LogP contribution in [0.25, 0.3) is 6.08 Å². The van der Waals surface area contributed by atoms with Gasteiger partial charge in [-0.1, -0.05) is 54.6 Å². The number of sulfone groups is 1. The summed E-state index contributed by atoms with van der Waals surface area (Å²) in [4.78, 5) is 4.00. The molecular weight excluding hydrogens is 276 g/mol. The first-order valence-corrected chi connectivity index (χ1v) is 8.14. The highest BCUT2D eigenvalue weighted by atomic mass is 32.2. The maximum atomic E-state index is 11.9. The zero-order valence-corrected chi connectivity index (χ0v) is 12.0. The lowest BCUT2D eigenvalue weighted by Crippen LogP contribution is -2.07. The van der Waals surface area contributed by atoms with Gasteiger partial charge in [0.25, 0.3) is 0 Å². The summed E-state index contributed by atoms with van der Waals surface area (Å²) in [5, 5.41) is 3.68. The zero-order chi connectivity index (χ0) is 14.4. The first-order chi connectivity index (χ1) is 9.59. The Morgan fingerprint density at radius 2 is 2.00 bits per heavy atom. The minimum absolute atomic E-state index is 0.0499. The standard InChI is InChI=1S/C14H16N2O3S/c1-2-13-15-14(19-16-13)11-20(17,18)10-6-9-12-7-4-3-5-8-12/h3-9H,2,10-11H2,1H3/b9-6+. The van der Waals surface area contributed by atoms with Crippen molar-refractivity contribution in [2.75, 3.05) is 5.75 Å². The molecule has 0 saturated heterocycles. The molecule has 6 heteroatoms. The molecule has 1 heterocycles. The summed E-state index contributed by atoms with van der Waals surface area (Å²) in [6.45, 7) is 1.88. The van der Waals surface area contributed by atoms with Gasteiger partial charge in [-0.25, -0.2) is 8.42 Å². The molecule has 0 bridgehead atoms. The SMILES string of the molecule is CCc1noc(CS(=O)(=O)C/C=C/c2ccccc2)n1. The van der Waals surface area contributed by atoms with E-state index in [-0.39, 0.29) is 17.4 Å². The summed E-state index contributed by atoms with van der Waals surface area (Å²) in [7, 11) is -3.28. The molecule has 106 valence electrons. The lowest BCUT2D eigenvalue weighted by molar-refractivity contribution is 0.383. The second-order valence-electron chi connectivity index (χ2n) is 4.33. The number of hydrogen-bond donors (Lipinski definition) is 0. The van der Waals surface area contributed by atoms with Crippen LogP contribution in [0, 0.1) is 0 Å². The lowest BCUT2D eigenvalue weighted by atomic mass is 10.2. The Labute approximate surface area is 118 Å². The number of aryl methyl sites for hydroxylation is 1. The molecule has 2 rings (SSSR count). The quantitative estimate of drug-likeness (QED) is 0.816. The third-order valence-corrected chi connectivity index (χ3v) is 4.02. The van der Waals surface area contributed by atoms with E-state index in [1.165, 1.54) is 0 Å². The van der Waals surface area contributed by atoms with Crippen LogP contribution in [-0.2, 0) is 22.0 Å². The maximum Gasteiger partial charge on any atom is 0.241 e. The molecular formula is C14H16N2O3S. The van der Waals surface area contributed by atoms with Crippen molar-refractivity contribution >= 4 is 15.9 Å². The Morgan fingerprint density at radius 3 is 2.65 bits per heavy atom. The van der Waals surface area contributed by atoms with E-state index in [4.69, 9.17) is 4.52 Å². The van der Waals surface area contributed by atoms with Crippen molar-refractivity contribution in [1.82, 2.24) is 10.1 Å². The summed E-state index contributed by atoms with van der Waals surface area (Å²) >= 11 is 0. The van der Waals surface area contributed by atoms with Crippen molar-refractivity contribution in [3.05, 3.63) is 53.7 Å². The minimum Gasteiger partial charge on any atom is -0.338 e. The summed E-state index contributed by atoms with van der Waals surface area (Å²) in [6.07, 6.45) is 4.03. The van der Waals surface area contributed by atoms with Crippen molar-refractivity contribution in [2.24, 2.45) is 0 Å². The van der Waals surface area contributed by atoms with Crippen LogP contribution in [0.3, 0.4) is 0 Å². The van der Waals surface area contributed by atoms with E-state index < -0.39 is 9.84 Å². The van der Waals surface area contributed by atoms with Gasteiger partial charge in [0.15, 0.2) is 15.7 Å². The van der Waals surface area contributed by atoms with Crippen molar-refractivity contribution in [3.8, 4) is 0 Å². The molecule has 0 amide bonds. The highest BCUT2D eigenvalue weighted by molar-refractivity contribution is 7.90. The number of benzene rings is 1. The molecule has 0 spiro atoms. The third kappa shape index (κ3) is 4.31. The second-order valence-corrected chi connectivity index (χ2v) is 6.43. The highest BCUT2D eigenvalue weighted by Crippen LogP contribution is 2.07. The molecule has 20 heavy (non-hydrogen) atoms. The molecule has 2 aromatic rings. The van der Waals surface area contributed by atoms with Crippen molar-refractivity contribution in [1.29, 1.82) is 0 Å². The molecule has 0 N–H and O–H groups in total. The Morgan fingerprint density at radius 1 is 1.25 bits per heavy atom. The number of aromatic nitrogens is 2. The molecule has 0 aliphatic carbocycles. The van der Waals surface area contributed by atoms with E-state index in [0.29, 0.717) is 12.2 Å². The van der Waals surface area contributed by atoms with Gasteiger partial charge in [0.1, 0.15) is 5.75 Å². The lowest BCUT2D eigenvalue weighted by Gasteiger charge is -1.96. The van der Waals surface area contributed by atoms with Gasteiger partial charge in [0, 0.05) is 6.42 Å². The fraction of sp³-hybridized carbons (Fsp3) is 0.286. The summed E-state index contributed by atoms with van der Waals surface area (Å²) < 4.78 is 28.7. The van der Waals surface area contributed by atoms with E-state index in [2.05, 4.69) is 10.1 Å². The van der Waals surface area contributed by atoms with Crippen LogP contribution >= 0.6 is 0 Å². The molecule has 0 unspecified atom stereocenters. The van der Waals surface area contributed by atoms with E-state index >= 15 is 0 Å². The first kappa shape index (κ1) is 14.5. The molecule has 0 aliphatic rings. The molecule has 0 saturated carbocycles.